The Labute approximate surface area is 93.3 Å². The van der Waals surface area contributed by atoms with Gasteiger partial charge in [-0.05, 0) is 24.7 Å². The van der Waals surface area contributed by atoms with E-state index in [0.29, 0.717) is 0 Å². The second-order valence-corrected chi connectivity index (χ2v) is 4.91. The van der Waals surface area contributed by atoms with E-state index in [9.17, 15) is 13.5 Å². The Morgan fingerprint density at radius 3 is 2.38 bits per heavy atom. The Balaban J connectivity index is 3.17. The van der Waals surface area contributed by atoms with Gasteiger partial charge in [0.15, 0.2) is 11.5 Å². The molecule has 1 aromatic carbocycles. The van der Waals surface area contributed by atoms with Gasteiger partial charge in [0.25, 0.3) is 10.1 Å². The third kappa shape index (κ3) is 2.84. The highest BCUT2D eigenvalue weighted by molar-refractivity contribution is 7.86. The van der Waals surface area contributed by atoms with Gasteiger partial charge in [-0.15, -0.1) is 0 Å². The van der Waals surface area contributed by atoms with Crippen molar-refractivity contribution in [3.8, 4) is 11.5 Å². The van der Waals surface area contributed by atoms with Crippen LogP contribution in [0.25, 0.3) is 0 Å². The normalized spacial score (nSPS) is 13.6. The molecule has 1 aromatic rings. The zero-order valence-electron chi connectivity index (χ0n) is 8.58. The van der Waals surface area contributed by atoms with Gasteiger partial charge in [-0.2, -0.15) is 8.42 Å². The molecule has 0 saturated carbocycles. The molecule has 90 valence electrons. The Morgan fingerprint density at radius 1 is 1.31 bits per heavy atom. The van der Waals surface area contributed by atoms with Crippen LogP contribution in [0.4, 0.5) is 0 Å². The van der Waals surface area contributed by atoms with Crippen molar-refractivity contribution in [3.05, 3.63) is 23.8 Å². The summed E-state index contributed by atoms with van der Waals surface area (Å²) in [7, 11) is -2.72. The van der Waals surface area contributed by atoms with Crippen LogP contribution in [0.2, 0.25) is 0 Å². The zero-order chi connectivity index (χ0) is 12.3. The molecule has 0 radical (unpaired) electrons. The number of rotatable bonds is 4. The molecular weight excluding hydrogens is 234 g/mol. The van der Waals surface area contributed by atoms with E-state index >= 15 is 0 Å². The first-order valence-electron chi connectivity index (χ1n) is 4.49. The first-order valence-corrected chi connectivity index (χ1v) is 5.99. The van der Waals surface area contributed by atoms with Crippen LogP contribution in [0.5, 0.6) is 11.5 Å². The van der Waals surface area contributed by atoms with Gasteiger partial charge in [-0.25, -0.2) is 0 Å². The Bertz CT molecular complexity index is 471. The molecule has 0 aromatic heterocycles. The van der Waals surface area contributed by atoms with E-state index < -0.39 is 21.1 Å². The summed E-state index contributed by atoms with van der Waals surface area (Å²) in [6.45, 7) is 0.00302. The fraction of sp³-hybridized carbons (Fsp3) is 0.333. The summed E-state index contributed by atoms with van der Waals surface area (Å²) >= 11 is 0. The quantitative estimate of drug-likeness (QED) is 0.448. The SMILES string of the molecule is CNC[C@@H](c1ccc(O)c(O)c1)S(=O)(=O)O. The van der Waals surface area contributed by atoms with Crippen LogP contribution in [0.3, 0.4) is 0 Å². The van der Waals surface area contributed by atoms with Gasteiger partial charge in [0.1, 0.15) is 5.25 Å². The lowest BCUT2D eigenvalue weighted by atomic mass is 10.1. The first-order chi connectivity index (χ1) is 7.36. The van der Waals surface area contributed by atoms with Gasteiger partial charge < -0.3 is 15.5 Å². The third-order valence-corrected chi connectivity index (χ3v) is 3.28. The maximum Gasteiger partial charge on any atom is 0.273 e. The van der Waals surface area contributed by atoms with Crippen molar-refractivity contribution in [2.45, 2.75) is 5.25 Å². The van der Waals surface area contributed by atoms with E-state index in [1.54, 1.807) is 7.05 Å². The standard InChI is InChI=1S/C9H13NO5S/c1-10-5-9(16(13,14)15)6-2-3-7(11)8(12)4-6/h2-4,9-12H,5H2,1H3,(H,13,14,15)/t9-/m0/s1. The smallest absolute Gasteiger partial charge is 0.273 e. The molecule has 4 N–H and O–H groups in total. The van der Waals surface area contributed by atoms with Crippen molar-refractivity contribution in [2.75, 3.05) is 13.6 Å². The molecule has 1 rings (SSSR count). The monoisotopic (exact) mass is 247 g/mol. The first kappa shape index (κ1) is 12.8. The number of nitrogens with one attached hydrogen (secondary N) is 1. The van der Waals surface area contributed by atoms with E-state index in [1.807, 2.05) is 0 Å². The van der Waals surface area contributed by atoms with Gasteiger partial charge in [-0.1, -0.05) is 6.07 Å². The lowest BCUT2D eigenvalue weighted by Gasteiger charge is -2.14. The predicted molar refractivity (Wildman–Crippen MR) is 58.0 cm³/mol. The van der Waals surface area contributed by atoms with E-state index in [1.165, 1.54) is 12.1 Å². The van der Waals surface area contributed by atoms with Crippen molar-refractivity contribution in [3.63, 3.8) is 0 Å². The number of hydrogen-bond donors (Lipinski definition) is 4. The molecule has 0 heterocycles. The summed E-state index contributed by atoms with van der Waals surface area (Å²) in [6, 6.07) is 3.59. The summed E-state index contributed by atoms with van der Waals surface area (Å²) in [4.78, 5) is 0. The minimum Gasteiger partial charge on any atom is -0.504 e. The second-order valence-electron chi connectivity index (χ2n) is 3.31. The van der Waals surface area contributed by atoms with Crippen LogP contribution in [-0.4, -0.2) is 36.8 Å². The van der Waals surface area contributed by atoms with Crippen molar-refractivity contribution in [1.29, 1.82) is 0 Å². The molecule has 0 fully saturated rings. The van der Waals surface area contributed by atoms with Gasteiger partial charge in [0.2, 0.25) is 0 Å². The lowest BCUT2D eigenvalue weighted by molar-refractivity contribution is 0.402. The van der Waals surface area contributed by atoms with Crippen LogP contribution in [0.1, 0.15) is 10.8 Å². The third-order valence-electron chi connectivity index (χ3n) is 2.12. The lowest BCUT2D eigenvalue weighted by Crippen LogP contribution is -2.24. The van der Waals surface area contributed by atoms with Gasteiger partial charge in [0, 0.05) is 6.54 Å². The number of aromatic hydroxyl groups is 2. The summed E-state index contributed by atoms with van der Waals surface area (Å²) < 4.78 is 31.2. The average Bonchev–Trinajstić information content (AvgIpc) is 2.17. The minimum absolute atomic E-state index is 0.00302. The molecule has 0 aliphatic rings. The van der Waals surface area contributed by atoms with Crippen molar-refractivity contribution >= 4 is 10.1 Å². The van der Waals surface area contributed by atoms with Crippen LogP contribution in [0, 0.1) is 0 Å². The number of likely N-dealkylation sites (N-methyl/N-ethyl adjacent to an activating group) is 1. The van der Waals surface area contributed by atoms with E-state index in [4.69, 9.17) is 9.66 Å². The largest absolute Gasteiger partial charge is 0.504 e. The average molecular weight is 247 g/mol. The Hall–Kier alpha value is -1.31. The fourth-order valence-electron chi connectivity index (χ4n) is 1.32. The highest BCUT2D eigenvalue weighted by Crippen LogP contribution is 2.30. The van der Waals surface area contributed by atoms with E-state index in [-0.39, 0.29) is 17.9 Å². The van der Waals surface area contributed by atoms with Crippen LogP contribution < -0.4 is 5.32 Å². The van der Waals surface area contributed by atoms with Gasteiger partial charge in [-0.3, -0.25) is 4.55 Å². The molecular formula is C9H13NO5S. The number of phenolic OH excluding ortho intramolecular Hbond substituents is 2. The van der Waals surface area contributed by atoms with Gasteiger partial charge in [0.05, 0.1) is 0 Å². The summed E-state index contributed by atoms with van der Waals surface area (Å²) in [5.74, 6) is -0.774. The van der Waals surface area contributed by atoms with Crippen molar-refractivity contribution < 1.29 is 23.2 Å². The Morgan fingerprint density at radius 2 is 1.94 bits per heavy atom. The Kier molecular flexibility index (Phi) is 3.74. The fourth-order valence-corrected chi connectivity index (χ4v) is 2.19. The molecule has 0 unspecified atom stereocenters. The van der Waals surface area contributed by atoms with Crippen molar-refractivity contribution in [1.82, 2.24) is 5.32 Å². The molecule has 1 atom stereocenters. The predicted octanol–water partition coefficient (Wildman–Crippen LogP) is 0.246. The summed E-state index contributed by atoms with van der Waals surface area (Å²) in [5, 5.41) is 19.8. The van der Waals surface area contributed by atoms with Crippen LogP contribution >= 0.6 is 0 Å². The highest BCUT2D eigenvalue weighted by Gasteiger charge is 2.25. The topological polar surface area (TPSA) is 107 Å². The summed E-state index contributed by atoms with van der Waals surface area (Å²) in [6.07, 6.45) is 0. The summed E-state index contributed by atoms with van der Waals surface area (Å²) in [5.41, 5.74) is 0.201. The van der Waals surface area contributed by atoms with Crippen LogP contribution in [0.15, 0.2) is 18.2 Å². The number of phenols is 2. The van der Waals surface area contributed by atoms with Crippen molar-refractivity contribution in [2.24, 2.45) is 0 Å². The molecule has 0 bridgehead atoms. The van der Waals surface area contributed by atoms with E-state index in [2.05, 4.69) is 5.32 Å². The minimum atomic E-state index is -4.26. The second kappa shape index (κ2) is 4.69. The molecule has 6 nitrogen and oxygen atoms in total. The number of benzene rings is 1. The zero-order valence-corrected chi connectivity index (χ0v) is 9.40. The molecule has 0 spiro atoms. The molecule has 16 heavy (non-hydrogen) atoms. The highest BCUT2D eigenvalue weighted by atomic mass is 32.2. The number of hydrogen-bond acceptors (Lipinski definition) is 5. The molecule has 7 heteroatoms. The van der Waals surface area contributed by atoms with Gasteiger partial charge >= 0.3 is 0 Å². The molecule has 0 aliphatic carbocycles. The maximum absolute atomic E-state index is 11.1. The molecule has 0 aliphatic heterocycles. The van der Waals surface area contributed by atoms with E-state index in [0.717, 1.165) is 6.07 Å². The molecule has 0 saturated heterocycles. The maximum atomic E-state index is 11.1. The van der Waals surface area contributed by atoms with Crippen LogP contribution in [-0.2, 0) is 10.1 Å². The molecule has 0 amide bonds.